The second-order valence-electron chi connectivity index (χ2n) is 4.08. The van der Waals surface area contributed by atoms with Crippen LogP contribution in [0.4, 0.5) is 10.1 Å². The van der Waals surface area contributed by atoms with E-state index < -0.39 is 0 Å². The van der Waals surface area contributed by atoms with Crippen LogP contribution in [-0.4, -0.2) is 6.61 Å². The predicted octanol–water partition coefficient (Wildman–Crippen LogP) is 4.10. The van der Waals surface area contributed by atoms with Gasteiger partial charge in [0.1, 0.15) is 18.2 Å². The van der Waals surface area contributed by atoms with Crippen molar-refractivity contribution in [3.63, 3.8) is 0 Å². The minimum atomic E-state index is -0.351. The topological polar surface area (TPSA) is 21.3 Å². The molecule has 0 radical (unpaired) electrons. The Balaban J connectivity index is 2.11. The molecule has 0 aromatic heterocycles. The van der Waals surface area contributed by atoms with Gasteiger partial charge in [0.15, 0.2) is 0 Å². The van der Waals surface area contributed by atoms with E-state index in [1.54, 1.807) is 6.07 Å². The Labute approximate surface area is 122 Å². The molecule has 0 heterocycles. The molecule has 102 valence electrons. The maximum absolute atomic E-state index is 13.6. The number of terminal acetylenes is 1. The van der Waals surface area contributed by atoms with Crippen molar-refractivity contribution in [3.05, 3.63) is 58.9 Å². The summed E-state index contributed by atoms with van der Waals surface area (Å²) in [5.41, 5.74) is 1.24. The van der Waals surface area contributed by atoms with Gasteiger partial charge in [-0.05, 0) is 24.3 Å². The molecule has 2 nitrogen and oxygen atoms in total. The third-order valence-corrected chi connectivity index (χ3v) is 2.92. The van der Waals surface area contributed by atoms with Crippen LogP contribution in [0.25, 0.3) is 0 Å². The molecule has 0 unspecified atom stereocenters. The Bertz CT molecular complexity index is 637. The lowest BCUT2D eigenvalue weighted by Crippen LogP contribution is -2.04. The van der Waals surface area contributed by atoms with E-state index in [0.29, 0.717) is 23.0 Å². The fourth-order valence-electron chi connectivity index (χ4n) is 1.73. The Hall–Kier alpha value is -2.18. The summed E-state index contributed by atoms with van der Waals surface area (Å²) in [7, 11) is 0. The molecule has 0 saturated carbocycles. The van der Waals surface area contributed by atoms with Crippen LogP contribution in [0.5, 0.6) is 5.75 Å². The second kappa shape index (κ2) is 6.83. The van der Waals surface area contributed by atoms with E-state index in [2.05, 4.69) is 11.2 Å². The quantitative estimate of drug-likeness (QED) is 0.837. The molecule has 1 N–H and O–H groups in total. The molecule has 2 aromatic carbocycles. The van der Waals surface area contributed by atoms with E-state index in [1.807, 2.05) is 24.3 Å². The zero-order chi connectivity index (χ0) is 14.4. The third-order valence-electron chi connectivity index (χ3n) is 2.68. The van der Waals surface area contributed by atoms with Gasteiger partial charge in [0.2, 0.25) is 0 Å². The normalized spacial score (nSPS) is 9.85. The summed E-state index contributed by atoms with van der Waals surface area (Å²) in [5, 5.41) is 3.47. The lowest BCUT2D eigenvalue weighted by molar-refractivity contribution is 0.366. The highest BCUT2D eigenvalue weighted by molar-refractivity contribution is 6.30. The van der Waals surface area contributed by atoms with E-state index >= 15 is 0 Å². The Kier molecular flexibility index (Phi) is 4.86. The molecule has 0 fully saturated rings. The second-order valence-corrected chi connectivity index (χ2v) is 4.51. The average molecular weight is 290 g/mol. The minimum Gasteiger partial charge on any atom is -0.481 e. The molecule has 4 heteroatoms. The van der Waals surface area contributed by atoms with Gasteiger partial charge in [0.25, 0.3) is 0 Å². The summed E-state index contributed by atoms with van der Waals surface area (Å²) in [5.74, 6) is 2.74. The first kappa shape index (κ1) is 14.2. The largest absolute Gasteiger partial charge is 0.481 e. The van der Waals surface area contributed by atoms with E-state index in [9.17, 15) is 4.39 Å². The van der Waals surface area contributed by atoms with Crippen LogP contribution in [0.3, 0.4) is 0 Å². The van der Waals surface area contributed by atoms with Crippen LogP contribution in [0.1, 0.15) is 5.56 Å². The summed E-state index contributed by atoms with van der Waals surface area (Å²) < 4.78 is 19.0. The lowest BCUT2D eigenvalue weighted by atomic mass is 10.2. The molecular weight excluding hydrogens is 277 g/mol. The summed E-state index contributed by atoms with van der Waals surface area (Å²) in [6.45, 7) is 0.612. The van der Waals surface area contributed by atoms with E-state index in [1.165, 1.54) is 12.1 Å². The first-order valence-electron chi connectivity index (χ1n) is 6.04. The van der Waals surface area contributed by atoms with Crippen LogP contribution >= 0.6 is 11.6 Å². The van der Waals surface area contributed by atoms with Crippen molar-refractivity contribution < 1.29 is 9.13 Å². The Morgan fingerprint density at radius 3 is 2.85 bits per heavy atom. The maximum atomic E-state index is 13.6. The van der Waals surface area contributed by atoms with Gasteiger partial charge in [-0.15, -0.1) is 6.42 Å². The minimum absolute atomic E-state index is 0.197. The molecular formula is C16H13ClFNO. The van der Waals surface area contributed by atoms with Crippen molar-refractivity contribution in [1.82, 2.24) is 0 Å². The van der Waals surface area contributed by atoms with Crippen LogP contribution in [0.15, 0.2) is 42.5 Å². The van der Waals surface area contributed by atoms with Crippen LogP contribution in [0.2, 0.25) is 5.02 Å². The Morgan fingerprint density at radius 2 is 2.05 bits per heavy atom. The first-order valence-corrected chi connectivity index (χ1v) is 6.41. The number of anilines is 1. The van der Waals surface area contributed by atoms with Crippen LogP contribution in [0, 0.1) is 18.2 Å². The number of hydrogen-bond donors (Lipinski definition) is 1. The molecule has 0 aliphatic heterocycles. The van der Waals surface area contributed by atoms with E-state index in [4.69, 9.17) is 22.8 Å². The summed E-state index contributed by atoms with van der Waals surface area (Å²) in [6, 6.07) is 11.8. The molecule has 0 amide bonds. The average Bonchev–Trinajstić information content (AvgIpc) is 2.47. The number of nitrogens with one attached hydrogen (secondary N) is 1. The summed E-state index contributed by atoms with van der Waals surface area (Å²) >= 11 is 5.84. The number of rotatable bonds is 5. The van der Waals surface area contributed by atoms with E-state index in [0.717, 1.165) is 5.56 Å². The fraction of sp³-hybridized carbons (Fsp3) is 0.125. The zero-order valence-electron chi connectivity index (χ0n) is 10.7. The predicted molar refractivity (Wildman–Crippen MR) is 79.5 cm³/mol. The number of halogens is 2. The molecule has 0 saturated heterocycles. The van der Waals surface area contributed by atoms with Crippen molar-refractivity contribution in [1.29, 1.82) is 0 Å². The molecule has 0 spiro atoms. The van der Waals surface area contributed by atoms with Crippen molar-refractivity contribution in [2.24, 2.45) is 0 Å². The fourth-order valence-corrected chi connectivity index (χ4v) is 1.91. The number of ether oxygens (including phenoxy) is 1. The van der Waals surface area contributed by atoms with E-state index in [-0.39, 0.29) is 12.4 Å². The van der Waals surface area contributed by atoms with Gasteiger partial charge in [-0.3, -0.25) is 0 Å². The van der Waals surface area contributed by atoms with Gasteiger partial charge < -0.3 is 10.1 Å². The van der Waals surface area contributed by atoms with Gasteiger partial charge in [-0.25, -0.2) is 4.39 Å². The lowest BCUT2D eigenvalue weighted by Gasteiger charge is -2.12. The highest BCUT2D eigenvalue weighted by atomic mass is 35.5. The van der Waals surface area contributed by atoms with Gasteiger partial charge >= 0.3 is 0 Å². The SMILES string of the molecule is C#CCOc1ccccc1CNc1cc(Cl)ccc1F. The smallest absolute Gasteiger partial charge is 0.148 e. The van der Waals surface area contributed by atoms with Gasteiger partial charge in [0, 0.05) is 17.1 Å². The molecule has 0 aliphatic rings. The molecule has 20 heavy (non-hydrogen) atoms. The van der Waals surface area contributed by atoms with Crippen LogP contribution < -0.4 is 10.1 Å². The summed E-state index contributed by atoms with van der Waals surface area (Å²) in [6.07, 6.45) is 5.17. The third kappa shape index (κ3) is 3.66. The van der Waals surface area contributed by atoms with Crippen molar-refractivity contribution in [2.45, 2.75) is 6.54 Å². The van der Waals surface area contributed by atoms with Crippen molar-refractivity contribution in [2.75, 3.05) is 11.9 Å². The summed E-state index contributed by atoms with van der Waals surface area (Å²) in [4.78, 5) is 0. The van der Waals surface area contributed by atoms with Crippen LogP contribution in [-0.2, 0) is 6.54 Å². The number of para-hydroxylation sites is 1. The van der Waals surface area contributed by atoms with Crippen molar-refractivity contribution >= 4 is 17.3 Å². The van der Waals surface area contributed by atoms with Gasteiger partial charge in [-0.2, -0.15) is 0 Å². The van der Waals surface area contributed by atoms with Gasteiger partial charge in [0.05, 0.1) is 5.69 Å². The Morgan fingerprint density at radius 1 is 1.25 bits per heavy atom. The molecule has 2 aromatic rings. The standard InChI is InChI=1S/C16H13ClFNO/c1-2-9-20-16-6-4-3-5-12(16)11-19-15-10-13(17)7-8-14(15)18/h1,3-8,10,19H,9,11H2. The number of benzene rings is 2. The van der Waals surface area contributed by atoms with Gasteiger partial charge in [-0.1, -0.05) is 35.7 Å². The highest BCUT2D eigenvalue weighted by Crippen LogP contribution is 2.23. The molecule has 0 bridgehead atoms. The monoisotopic (exact) mass is 289 g/mol. The highest BCUT2D eigenvalue weighted by Gasteiger charge is 2.05. The molecule has 2 rings (SSSR count). The maximum Gasteiger partial charge on any atom is 0.148 e. The molecule has 0 atom stereocenters. The first-order chi connectivity index (χ1) is 9.70. The zero-order valence-corrected chi connectivity index (χ0v) is 11.5. The molecule has 0 aliphatic carbocycles. The number of hydrogen-bond acceptors (Lipinski definition) is 2. The van der Waals surface area contributed by atoms with Crippen molar-refractivity contribution in [3.8, 4) is 18.1 Å².